The van der Waals surface area contributed by atoms with Crippen LogP contribution in [0.25, 0.3) is 0 Å². The molecule has 0 amide bonds. The van der Waals surface area contributed by atoms with Crippen LogP contribution < -0.4 is 0 Å². The van der Waals surface area contributed by atoms with Crippen molar-refractivity contribution >= 4 is 15.9 Å². The predicted octanol–water partition coefficient (Wildman–Crippen LogP) is 2.15. The van der Waals surface area contributed by atoms with Crippen LogP contribution in [0.15, 0.2) is 12.3 Å². The SMILES string of the molecule is Cn1nccc1CCC1COCCC1Br. The third-order valence-corrected chi connectivity index (χ3v) is 4.28. The molecule has 0 spiro atoms. The minimum absolute atomic E-state index is 0.625. The van der Waals surface area contributed by atoms with Gasteiger partial charge in [-0.3, -0.25) is 4.68 Å². The van der Waals surface area contributed by atoms with Crippen LogP contribution in [0.3, 0.4) is 0 Å². The molecule has 0 radical (unpaired) electrons. The molecule has 3 nitrogen and oxygen atoms in total. The molecule has 1 aliphatic heterocycles. The number of nitrogens with zero attached hydrogens (tertiary/aromatic N) is 2. The van der Waals surface area contributed by atoms with Gasteiger partial charge in [0.05, 0.1) is 6.61 Å². The van der Waals surface area contributed by atoms with E-state index in [1.807, 2.05) is 17.9 Å². The lowest BCUT2D eigenvalue weighted by molar-refractivity contribution is 0.0573. The average molecular weight is 273 g/mol. The largest absolute Gasteiger partial charge is 0.381 e. The normalized spacial score (nSPS) is 26.8. The molecular formula is C11H17BrN2O. The fourth-order valence-corrected chi connectivity index (χ4v) is 2.62. The summed E-state index contributed by atoms with van der Waals surface area (Å²) in [6, 6.07) is 2.09. The summed E-state index contributed by atoms with van der Waals surface area (Å²) in [4.78, 5) is 0.625. The van der Waals surface area contributed by atoms with Crippen LogP contribution in [0, 0.1) is 5.92 Å². The maximum Gasteiger partial charge on any atom is 0.0505 e. The lowest BCUT2D eigenvalue weighted by atomic mass is 9.96. The van der Waals surface area contributed by atoms with Gasteiger partial charge in [-0.2, -0.15) is 5.10 Å². The third-order valence-electron chi connectivity index (χ3n) is 3.08. The summed E-state index contributed by atoms with van der Waals surface area (Å²) in [5.41, 5.74) is 1.31. The molecule has 1 aromatic rings. The van der Waals surface area contributed by atoms with Gasteiger partial charge in [-0.05, 0) is 31.2 Å². The molecular weight excluding hydrogens is 256 g/mol. The highest BCUT2D eigenvalue weighted by Crippen LogP contribution is 2.26. The number of halogens is 1. The van der Waals surface area contributed by atoms with Gasteiger partial charge in [0.15, 0.2) is 0 Å². The Morgan fingerprint density at radius 1 is 1.67 bits per heavy atom. The number of hydrogen-bond donors (Lipinski definition) is 0. The van der Waals surface area contributed by atoms with Crippen LogP contribution in [-0.2, 0) is 18.2 Å². The van der Waals surface area contributed by atoms with Gasteiger partial charge in [0.25, 0.3) is 0 Å². The number of aryl methyl sites for hydroxylation is 2. The van der Waals surface area contributed by atoms with Gasteiger partial charge in [0.2, 0.25) is 0 Å². The second kappa shape index (κ2) is 5.12. The molecule has 2 rings (SSSR count). The van der Waals surface area contributed by atoms with Crippen LogP contribution in [-0.4, -0.2) is 27.8 Å². The Bertz CT molecular complexity index is 313. The number of rotatable bonds is 3. The molecule has 2 atom stereocenters. The van der Waals surface area contributed by atoms with Gasteiger partial charge in [0, 0.05) is 30.4 Å². The molecule has 1 aliphatic rings. The molecule has 15 heavy (non-hydrogen) atoms. The first-order valence-corrected chi connectivity index (χ1v) is 6.37. The van der Waals surface area contributed by atoms with Crippen molar-refractivity contribution in [3.63, 3.8) is 0 Å². The van der Waals surface area contributed by atoms with E-state index in [0.29, 0.717) is 10.7 Å². The van der Waals surface area contributed by atoms with Crippen molar-refractivity contribution in [2.45, 2.75) is 24.1 Å². The fraction of sp³-hybridized carbons (Fsp3) is 0.727. The lowest BCUT2D eigenvalue weighted by Gasteiger charge is -2.27. The fourth-order valence-electron chi connectivity index (χ4n) is 2.01. The second-order valence-electron chi connectivity index (χ2n) is 4.12. The highest BCUT2D eigenvalue weighted by atomic mass is 79.9. The van der Waals surface area contributed by atoms with Crippen molar-refractivity contribution in [2.24, 2.45) is 13.0 Å². The quantitative estimate of drug-likeness (QED) is 0.789. The molecule has 1 aromatic heterocycles. The first-order chi connectivity index (χ1) is 7.27. The lowest BCUT2D eigenvalue weighted by Crippen LogP contribution is -2.28. The van der Waals surface area contributed by atoms with Crippen molar-refractivity contribution < 1.29 is 4.74 Å². The summed E-state index contributed by atoms with van der Waals surface area (Å²) in [7, 11) is 2.00. The van der Waals surface area contributed by atoms with Gasteiger partial charge >= 0.3 is 0 Å². The van der Waals surface area contributed by atoms with Crippen LogP contribution in [0.4, 0.5) is 0 Å². The van der Waals surface area contributed by atoms with E-state index in [1.54, 1.807) is 0 Å². The molecule has 0 bridgehead atoms. The Balaban J connectivity index is 1.84. The van der Waals surface area contributed by atoms with Gasteiger partial charge in [0.1, 0.15) is 0 Å². The molecule has 1 fully saturated rings. The molecule has 0 aliphatic carbocycles. The second-order valence-corrected chi connectivity index (χ2v) is 5.30. The molecule has 0 N–H and O–H groups in total. The van der Waals surface area contributed by atoms with Crippen molar-refractivity contribution in [2.75, 3.05) is 13.2 Å². The molecule has 4 heteroatoms. The number of alkyl halides is 1. The summed E-state index contributed by atoms with van der Waals surface area (Å²) in [6.07, 6.45) is 5.26. The zero-order valence-corrected chi connectivity index (χ0v) is 10.6. The summed E-state index contributed by atoms with van der Waals surface area (Å²) >= 11 is 3.74. The van der Waals surface area contributed by atoms with Gasteiger partial charge in [-0.15, -0.1) is 0 Å². The Labute approximate surface area is 98.9 Å². The van der Waals surface area contributed by atoms with E-state index in [9.17, 15) is 0 Å². The minimum Gasteiger partial charge on any atom is -0.381 e. The number of hydrogen-bond acceptors (Lipinski definition) is 2. The van der Waals surface area contributed by atoms with Crippen molar-refractivity contribution in [3.8, 4) is 0 Å². The molecule has 2 unspecified atom stereocenters. The summed E-state index contributed by atoms with van der Waals surface area (Å²) in [6.45, 7) is 1.80. The summed E-state index contributed by atoms with van der Waals surface area (Å²) < 4.78 is 7.45. The van der Waals surface area contributed by atoms with E-state index < -0.39 is 0 Å². The molecule has 0 saturated carbocycles. The first-order valence-electron chi connectivity index (χ1n) is 5.46. The summed E-state index contributed by atoms with van der Waals surface area (Å²) in [5, 5.41) is 4.17. The van der Waals surface area contributed by atoms with Gasteiger partial charge in [-0.1, -0.05) is 15.9 Å². The van der Waals surface area contributed by atoms with E-state index in [-0.39, 0.29) is 0 Å². The van der Waals surface area contributed by atoms with Gasteiger partial charge < -0.3 is 4.74 Å². The Kier molecular flexibility index (Phi) is 3.81. The van der Waals surface area contributed by atoms with E-state index >= 15 is 0 Å². The van der Waals surface area contributed by atoms with Crippen molar-refractivity contribution in [3.05, 3.63) is 18.0 Å². The molecule has 2 heterocycles. The summed E-state index contributed by atoms with van der Waals surface area (Å²) in [5.74, 6) is 0.647. The maximum atomic E-state index is 5.50. The standard InChI is InChI=1S/C11H17BrN2O/c1-14-10(4-6-13-14)3-2-9-8-15-7-5-11(9)12/h4,6,9,11H,2-3,5,7-8H2,1H3. The smallest absolute Gasteiger partial charge is 0.0505 e. The molecule has 1 saturated heterocycles. The Morgan fingerprint density at radius 3 is 3.20 bits per heavy atom. The van der Waals surface area contributed by atoms with E-state index in [4.69, 9.17) is 4.74 Å². The van der Waals surface area contributed by atoms with Crippen LogP contribution in [0.2, 0.25) is 0 Å². The first kappa shape index (κ1) is 11.1. The monoisotopic (exact) mass is 272 g/mol. The number of aromatic nitrogens is 2. The van der Waals surface area contributed by atoms with Crippen molar-refractivity contribution in [1.82, 2.24) is 9.78 Å². The zero-order valence-electron chi connectivity index (χ0n) is 9.03. The zero-order chi connectivity index (χ0) is 10.7. The van der Waals surface area contributed by atoms with E-state index in [0.717, 1.165) is 26.1 Å². The van der Waals surface area contributed by atoms with Gasteiger partial charge in [-0.25, -0.2) is 0 Å². The average Bonchev–Trinajstić information content (AvgIpc) is 2.63. The van der Waals surface area contributed by atoms with E-state index in [1.165, 1.54) is 12.1 Å². The Hall–Kier alpha value is -0.350. The van der Waals surface area contributed by atoms with Crippen LogP contribution in [0.1, 0.15) is 18.5 Å². The Morgan fingerprint density at radius 2 is 2.53 bits per heavy atom. The minimum atomic E-state index is 0.625. The molecule has 84 valence electrons. The highest BCUT2D eigenvalue weighted by Gasteiger charge is 2.23. The molecule has 0 aromatic carbocycles. The third kappa shape index (κ3) is 2.82. The highest BCUT2D eigenvalue weighted by molar-refractivity contribution is 9.09. The van der Waals surface area contributed by atoms with Crippen LogP contribution >= 0.6 is 15.9 Å². The van der Waals surface area contributed by atoms with E-state index in [2.05, 4.69) is 27.1 Å². The van der Waals surface area contributed by atoms with Crippen molar-refractivity contribution in [1.29, 1.82) is 0 Å². The predicted molar refractivity (Wildman–Crippen MR) is 63.2 cm³/mol. The number of ether oxygens (including phenoxy) is 1. The topological polar surface area (TPSA) is 27.1 Å². The maximum absolute atomic E-state index is 5.50. The van der Waals surface area contributed by atoms with Crippen LogP contribution in [0.5, 0.6) is 0 Å².